The second-order valence-corrected chi connectivity index (χ2v) is 10.00. The zero-order valence-corrected chi connectivity index (χ0v) is 21.0. The van der Waals surface area contributed by atoms with Crippen molar-refractivity contribution >= 4 is 45.0 Å². The predicted octanol–water partition coefficient (Wildman–Crippen LogP) is 5.24. The molecule has 1 heterocycles. The van der Waals surface area contributed by atoms with E-state index in [0.29, 0.717) is 6.61 Å². The van der Waals surface area contributed by atoms with Crippen molar-refractivity contribution in [3.63, 3.8) is 0 Å². The average molecular weight is 492 g/mol. The van der Waals surface area contributed by atoms with Crippen LogP contribution in [-0.2, 0) is 11.2 Å². The Morgan fingerprint density at radius 3 is 2.76 bits per heavy atom. The smallest absolute Gasteiger partial charge is 0.122 e. The number of rotatable bonds is 11. The van der Waals surface area contributed by atoms with Crippen molar-refractivity contribution in [1.29, 1.82) is 5.41 Å². The van der Waals surface area contributed by atoms with Gasteiger partial charge in [-0.2, -0.15) is 0 Å². The third-order valence-electron chi connectivity index (χ3n) is 5.49. The topological polar surface area (TPSA) is 87.3 Å². The van der Waals surface area contributed by atoms with Gasteiger partial charge in [-0.25, -0.2) is 9.71 Å². The SMILES string of the molecule is COCCN(C)c1cccc(SNC(Cc2cccc(C(=N)N)c2)c2nc3ccccc3s2)c1. The maximum Gasteiger partial charge on any atom is 0.122 e. The molecule has 0 aliphatic carbocycles. The van der Waals surface area contributed by atoms with Crippen LogP contribution in [0.5, 0.6) is 0 Å². The number of fused-ring (bicyclic) bond motifs is 1. The maximum absolute atomic E-state index is 7.78. The van der Waals surface area contributed by atoms with Gasteiger partial charge in [-0.15, -0.1) is 11.3 Å². The fraction of sp³-hybridized carbons (Fsp3) is 0.231. The standard InChI is InChI=1S/C26H29N5OS2/c1-31(13-14-32-2)20-9-6-10-21(17-20)34-30-23(16-18-7-5-8-19(15-18)25(27)28)26-29-22-11-3-4-12-24(22)33-26/h3-12,15,17,23,30H,13-14,16H2,1-2H3,(H3,27,28). The van der Waals surface area contributed by atoms with Crippen molar-refractivity contribution in [2.24, 2.45) is 5.73 Å². The van der Waals surface area contributed by atoms with E-state index in [9.17, 15) is 0 Å². The number of hydrogen-bond donors (Lipinski definition) is 3. The summed E-state index contributed by atoms with van der Waals surface area (Å²) in [5.41, 5.74) is 9.73. The van der Waals surface area contributed by atoms with Crippen LogP contribution in [0.2, 0.25) is 0 Å². The number of nitrogens with one attached hydrogen (secondary N) is 2. The lowest BCUT2D eigenvalue weighted by molar-refractivity contribution is 0.206. The van der Waals surface area contributed by atoms with Crippen LogP contribution in [0.25, 0.3) is 10.2 Å². The van der Waals surface area contributed by atoms with Crippen LogP contribution in [-0.4, -0.2) is 38.1 Å². The third-order valence-corrected chi connectivity index (χ3v) is 7.54. The zero-order chi connectivity index (χ0) is 23.9. The second-order valence-electron chi connectivity index (χ2n) is 8.02. The molecule has 0 aliphatic rings. The molecule has 1 aromatic heterocycles. The molecule has 1 atom stereocenters. The number of ether oxygens (including phenoxy) is 1. The van der Waals surface area contributed by atoms with E-state index in [1.165, 1.54) is 4.70 Å². The van der Waals surface area contributed by atoms with E-state index in [-0.39, 0.29) is 11.9 Å². The molecule has 1 unspecified atom stereocenters. The van der Waals surface area contributed by atoms with Gasteiger partial charge in [-0.1, -0.05) is 36.4 Å². The summed E-state index contributed by atoms with van der Waals surface area (Å²) in [6, 6.07) is 24.6. The highest BCUT2D eigenvalue weighted by Gasteiger charge is 2.18. The van der Waals surface area contributed by atoms with Crippen molar-refractivity contribution in [1.82, 2.24) is 9.71 Å². The Labute approximate surface area is 208 Å². The first-order valence-corrected chi connectivity index (χ1v) is 12.7. The Morgan fingerprint density at radius 1 is 1.15 bits per heavy atom. The second kappa shape index (κ2) is 11.5. The number of amidine groups is 1. The van der Waals surface area contributed by atoms with Gasteiger partial charge in [0.15, 0.2) is 0 Å². The summed E-state index contributed by atoms with van der Waals surface area (Å²) in [5, 5.41) is 8.82. The molecule has 0 fully saturated rings. The van der Waals surface area contributed by atoms with Gasteiger partial charge in [-0.05, 0) is 60.3 Å². The summed E-state index contributed by atoms with van der Waals surface area (Å²) in [7, 11) is 3.79. The summed E-state index contributed by atoms with van der Waals surface area (Å²) >= 11 is 3.32. The van der Waals surface area contributed by atoms with E-state index in [1.54, 1.807) is 30.4 Å². The first-order chi connectivity index (χ1) is 16.5. The fourth-order valence-electron chi connectivity index (χ4n) is 3.60. The van der Waals surface area contributed by atoms with Gasteiger partial charge >= 0.3 is 0 Å². The number of nitrogens with zero attached hydrogens (tertiary/aromatic N) is 2. The normalized spacial score (nSPS) is 12.1. The highest BCUT2D eigenvalue weighted by molar-refractivity contribution is 7.97. The van der Waals surface area contributed by atoms with Crippen LogP contribution >= 0.6 is 23.3 Å². The van der Waals surface area contributed by atoms with Gasteiger partial charge in [0.2, 0.25) is 0 Å². The first-order valence-electron chi connectivity index (χ1n) is 11.0. The molecular formula is C26H29N5OS2. The highest BCUT2D eigenvalue weighted by atomic mass is 32.2. The van der Waals surface area contributed by atoms with Crippen molar-refractivity contribution in [2.75, 3.05) is 32.2 Å². The minimum Gasteiger partial charge on any atom is -0.384 e. The van der Waals surface area contributed by atoms with E-state index in [0.717, 1.165) is 45.2 Å². The number of nitrogens with two attached hydrogens (primary N) is 1. The van der Waals surface area contributed by atoms with Crippen molar-refractivity contribution in [3.05, 3.63) is 88.9 Å². The van der Waals surface area contributed by atoms with Crippen LogP contribution < -0.4 is 15.4 Å². The molecule has 0 saturated heterocycles. The van der Waals surface area contributed by atoms with Crippen molar-refractivity contribution < 1.29 is 4.74 Å². The summed E-state index contributed by atoms with van der Waals surface area (Å²) in [5.74, 6) is 0.0788. The molecule has 3 aromatic carbocycles. The third kappa shape index (κ3) is 6.15. The van der Waals surface area contributed by atoms with E-state index in [4.69, 9.17) is 20.9 Å². The molecule has 8 heteroatoms. The quantitative estimate of drug-likeness (QED) is 0.151. The van der Waals surface area contributed by atoms with Crippen molar-refractivity contribution in [3.8, 4) is 0 Å². The molecule has 6 nitrogen and oxygen atoms in total. The number of hydrogen-bond acceptors (Lipinski definition) is 7. The van der Waals surface area contributed by atoms with Crippen LogP contribution in [0.1, 0.15) is 22.2 Å². The van der Waals surface area contributed by atoms with Crippen LogP contribution in [0.15, 0.2) is 77.7 Å². The number of likely N-dealkylation sites (N-methyl/N-ethyl adjacent to an activating group) is 1. The summed E-state index contributed by atoms with van der Waals surface area (Å²) in [6.45, 7) is 1.52. The van der Waals surface area contributed by atoms with Gasteiger partial charge in [0.25, 0.3) is 0 Å². The summed E-state index contributed by atoms with van der Waals surface area (Å²) in [4.78, 5) is 8.23. The molecule has 0 amide bonds. The Balaban J connectivity index is 1.56. The van der Waals surface area contributed by atoms with E-state index in [1.807, 2.05) is 30.3 Å². The number of benzene rings is 3. The zero-order valence-electron chi connectivity index (χ0n) is 19.3. The summed E-state index contributed by atoms with van der Waals surface area (Å²) < 4.78 is 10.0. The number of anilines is 1. The monoisotopic (exact) mass is 491 g/mol. The Hall–Kier alpha value is -2.91. The predicted molar refractivity (Wildman–Crippen MR) is 144 cm³/mol. The first kappa shape index (κ1) is 24.2. The molecule has 34 heavy (non-hydrogen) atoms. The lowest BCUT2D eigenvalue weighted by Crippen LogP contribution is -2.22. The maximum atomic E-state index is 7.78. The van der Waals surface area contributed by atoms with Gasteiger partial charge in [-0.3, -0.25) is 5.41 Å². The van der Waals surface area contributed by atoms with E-state index < -0.39 is 0 Å². The molecule has 0 bridgehead atoms. The molecule has 176 valence electrons. The van der Waals surface area contributed by atoms with E-state index >= 15 is 0 Å². The minimum absolute atomic E-state index is 0.000477. The van der Waals surface area contributed by atoms with Gasteiger partial charge in [0.1, 0.15) is 10.8 Å². The van der Waals surface area contributed by atoms with E-state index in [2.05, 4.69) is 59.1 Å². The minimum atomic E-state index is -0.000477. The molecule has 0 saturated carbocycles. The molecule has 4 N–H and O–H groups in total. The lowest BCUT2D eigenvalue weighted by Gasteiger charge is -2.20. The van der Waals surface area contributed by atoms with Crippen LogP contribution in [0.3, 0.4) is 0 Å². The average Bonchev–Trinajstić information content (AvgIpc) is 3.29. The number of para-hydroxylation sites is 1. The Morgan fingerprint density at radius 2 is 1.97 bits per heavy atom. The molecule has 0 spiro atoms. The number of thiazole rings is 1. The number of nitrogen functional groups attached to an aromatic ring is 1. The van der Waals surface area contributed by atoms with Gasteiger partial charge in [0, 0.05) is 36.8 Å². The molecule has 0 aliphatic heterocycles. The Bertz CT molecular complexity index is 1230. The number of methoxy groups -OCH3 is 1. The van der Waals surface area contributed by atoms with Crippen molar-refractivity contribution in [2.45, 2.75) is 17.4 Å². The van der Waals surface area contributed by atoms with Gasteiger partial charge < -0.3 is 15.4 Å². The van der Waals surface area contributed by atoms with Crippen LogP contribution in [0.4, 0.5) is 5.69 Å². The summed E-state index contributed by atoms with van der Waals surface area (Å²) in [6.07, 6.45) is 0.737. The largest absolute Gasteiger partial charge is 0.384 e. The molecule has 4 rings (SSSR count). The molecule has 4 aromatic rings. The highest BCUT2D eigenvalue weighted by Crippen LogP contribution is 2.31. The molecule has 0 radical (unpaired) electrons. The lowest BCUT2D eigenvalue weighted by atomic mass is 10.0. The number of aromatic nitrogens is 1. The fourth-order valence-corrected chi connectivity index (χ4v) is 5.49. The van der Waals surface area contributed by atoms with Gasteiger partial charge in [0.05, 0.1) is 22.9 Å². The molecular weight excluding hydrogens is 462 g/mol. The Kier molecular flexibility index (Phi) is 8.18. The van der Waals surface area contributed by atoms with Crippen LogP contribution in [0, 0.1) is 5.41 Å².